The highest BCUT2D eigenvalue weighted by atomic mass is 32.2. The Morgan fingerprint density at radius 2 is 2.06 bits per heavy atom. The van der Waals surface area contributed by atoms with Gasteiger partial charge < -0.3 is 15.5 Å². The number of pyridine rings is 1. The number of benzene rings is 1. The molecule has 188 valence electrons. The maximum atomic E-state index is 13.4. The number of hydrogen-bond donors (Lipinski definition) is 2. The predicted octanol–water partition coefficient (Wildman–Crippen LogP) is 3.95. The minimum Gasteiger partial charge on any atom is -0.351 e. The zero-order chi connectivity index (χ0) is 25.4. The second-order valence-electron chi connectivity index (χ2n) is 9.95. The van der Waals surface area contributed by atoms with Gasteiger partial charge in [0.1, 0.15) is 10.3 Å². The third-order valence-electron chi connectivity index (χ3n) is 6.86. The molecule has 1 saturated heterocycles. The maximum Gasteiger partial charge on any atom is 0.327 e. The lowest BCUT2D eigenvalue weighted by atomic mass is 9.98. The second kappa shape index (κ2) is 9.97. The first kappa shape index (κ1) is 24.4. The lowest BCUT2D eigenvalue weighted by molar-refractivity contribution is -0.129. The van der Waals surface area contributed by atoms with Crippen molar-refractivity contribution in [2.45, 2.75) is 55.5 Å². The molecular weight excluding hydrogens is 474 g/mol. The van der Waals surface area contributed by atoms with E-state index in [0.29, 0.717) is 19.0 Å². The van der Waals surface area contributed by atoms with Gasteiger partial charge >= 0.3 is 6.03 Å². The van der Waals surface area contributed by atoms with Crippen LogP contribution in [0.15, 0.2) is 54.2 Å². The Morgan fingerprint density at radius 3 is 2.78 bits per heavy atom. The molecule has 2 N–H and O–H groups in total. The molecular formula is C27H31N5O3S. The van der Waals surface area contributed by atoms with Crippen molar-refractivity contribution in [3.63, 3.8) is 0 Å². The Hall–Kier alpha value is -3.33. The average molecular weight is 506 g/mol. The van der Waals surface area contributed by atoms with Crippen molar-refractivity contribution in [1.82, 2.24) is 20.5 Å². The van der Waals surface area contributed by atoms with E-state index in [0.717, 1.165) is 41.2 Å². The Kier molecular flexibility index (Phi) is 6.75. The number of piperidine rings is 1. The molecule has 3 aliphatic rings. The van der Waals surface area contributed by atoms with E-state index in [-0.39, 0.29) is 23.9 Å². The van der Waals surface area contributed by atoms with Crippen molar-refractivity contribution in [2.75, 3.05) is 18.0 Å². The number of carbonyl (C=O) groups excluding carboxylic acids is 3. The SMILES string of the molecule is C=CC(=O)N1CCCC(NC(=O)[C@@H]2Sc3nccc4c3C2NC(=O)N4c2ccc(CC(C)C)cc2)C1. The normalized spacial score (nSPS) is 22.8. The summed E-state index contributed by atoms with van der Waals surface area (Å²) in [7, 11) is 0. The van der Waals surface area contributed by atoms with Crippen LogP contribution < -0.4 is 15.5 Å². The van der Waals surface area contributed by atoms with E-state index < -0.39 is 11.3 Å². The number of amides is 4. The number of hydrogen-bond acceptors (Lipinski definition) is 5. The van der Waals surface area contributed by atoms with Crippen LogP contribution in [-0.4, -0.2) is 52.1 Å². The number of nitrogens with zero attached hydrogens (tertiary/aromatic N) is 3. The first-order valence-corrected chi connectivity index (χ1v) is 13.3. The summed E-state index contributed by atoms with van der Waals surface area (Å²) in [6.07, 6.45) is 5.60. The highest BCUT2D eigenvalue weighted by molar-refractivity contribution is 8.01. The third kappa shape index (κ3) is 4.59. The quantitative estimate of drug-likeness (QED) is 0.580. The van der Waals surface area contributed by atoms with Crippen molar-refractivity contribution in [3.8, 4) is 0 Å². The molecule has 3 atom stereocenters. The van der Waals surface area contributed by atoms with Crippen LogP contribution in [0.5, 0.6) is 0 Å². The largest absolute Gasteiger partial charge is 0.351 e. The predicted molar refractivity (Wildman–Crippen MR) is 140 cm³/mol. The molecule has 1 fully saturated rings. The molecule has 4 heterocycles. The van der Waals surface area contributed by atoms with Gasteiger partial charge in [-0.15, -0.1) is 0 Å². The van der Waals surface area contributed by atoms with Gasteiger partial charge in [-0.2, -0.15) is 0 Å². The summed E-state index contributed by atoms with van der Waals surface area (Å²) in [6.45, 7) is 9.05. The van der Waals surface area contributed by atoms with Crippen LogP contribution in [0.2, 0.25) is 0 Å². The Morgan fingerprint density at radius 1 is 1.28 bits per heavy atom. The lowest BCUT2D eigenvalue weighted by Gasteiger charge is -2.35. The van der Waals surface area contributed by atoms with Gasteiger partial charge in [-0.05, 0) is 55.0 Å². The molecule has 1 aromatic carbocycles. The Bertz CT molecular complexity index is 1200. The fourth-order valence-corrected chi connectivity index (χ4v) is 6.48. The van der Waals surface area contributed by atoms with Crippen LogP contribution in [-0.2, 0) is 16.0 Å². The van der Waals surface area contributed by atoms with E-state index in [4.69, 9.17) is 0 Å². The van der Waals surface area contributed by atoms with Gasteiger partial charge in [-0.1, -0.05) is 44.3 Å². The minimum atomic E-state index is -0.529. The van der Waals surface area contributed by atoms with Crippen LogP contribution in [0, 0.1) is 5.92 Å². The summed E-state index contributed by atoms with van der Waals surface area (Å²) >= 11 is 1.38. The summed E-state index contributed by atoms with van der Waals surface area (Å²) in [5.74, 6) is 0.276. The molecule has 0 saturated carbocycles. The molecule has 3 aliphatic heterocycles. The van der Waals surface area contributed by atoms with Crippen molar-refractivity contribution in [1.29, 1.82) is 0 Å². The Labute approximate surface area is 215 Å². The maximum absolute atomic E-state index is 13.4. The number of urea groups is 1. The summed E-state index contributed by atoms with van der Waals surface area (Å²) in [5, 5.41) is 6.40. The van der Waals surface area contributed by atoms with Crippen LogP contribution in [0.1, 0.15) is 43.9 Å². The average Bonchev–Trinajstić information content (AvgIpc) is 3.24. The number of thioether (sulfide) groups is 1. The van der Waals surface area contributed by atoms with Gasteiger partial charge in [0.15, 0.2) is 0 Å². The monoisotopic (exact) mass is 505 g/mol. The van der Waals surface area contributed by atoms with Crippen LogP contribution in [0.4, 0.5) is 16.2 Å². The first-order valence-electron chi connectivity index (χ1n) is 12.4. The van der Waals surface area contributed by atoms with Gasteiger partial charge in [-0.25, -0.2) is 9.78 Å². The highest BCUT2D eigenvalue weighted by Gasteiger charge is 2.47. The fraction of sp³-hybridized carbons (Fsp3) is 0.407. The van der Waals surface area contributed by atoms with E-state index in [2.05, 4.69) is 48.2 Å². The number of anilines is 2. The molecule has 0 bridgehead atoms. The van der Waals surface area contributed by atoms with Crippen LogP contribution in [0.25, 0.3) is 0 Å². The molecule has 2 aromatic rings. The molecule has 5 rings (SSSR count). The second-order valence-corrected chi connectivity index (χ2v) is 11.1. The number of aromatic nitrogens is 1. The van der Waals surface area contributed by atoms with Crippen LogP contribution >= 0.6 is 11.8 Å². The van der Waals surface area contributed by atoms with Gasteiger partial charge in [-0.3, -0.25) is 14.5 Å². The van der Waals surface area contributed by atoms with Gasteiger partial charge in [0.25, 0.3) is 0 Å². The van der Waals surface area contributed by atoms with Crippen molar-refractivity contribution in [3.05, 3.63) is 60.3 Å². The summed E-state index contributed by atoms with van der Waals surface area (Å²) in [6, 6.07) is 9.04. The first-order chi connectivity index (χ1) is 17.4. The number of rotatable bonds is 6. The lowest BCUT2D eigenvalue weighted by Crippen LogP contribution is -2.53. The smallest absolute Gasteiger partial charge is 0.327 e. The standard InChI is InChI=1S/C27H31N5O3S/c1-4-21(33)31-13-5-6-18(15-31)29-25(34)24-23-22-20(11-12-28-26(22)36-24)32(27(35)30-23)19-9-7-17(8-10-19)14-16(2)3/h4,7-12,16,18,23-24H,1,5-6,13-15H2,2-3H3,(H,29,34)(H,30,35)/t18?,23?,24-/m1/s1. The molecule has 1 aromatic heterocycles. The van der Waals surface area contributed by atoms with E-state index in [1.54, 1.807) is 16.0 Å². The number of nitrogens with one attached hydrogen (secondary N) is 2. The molecule has 2 unspecified atom stereocenters. The fourth-order valence-electron chi connectivity index (χ4n) is 5.24. The zero-order valence-corrected chi connectivity index (χ0v) is 21.4. The third-order valence-corrected chi connectivity index (χ3v) is 8.15. The van der Waals surface area contributed by atoms with Gasteiger partial charge in [0.05, 0.1) is 17.4 Å². The Balaban J connectivity index is 1.35. The topological polar surface area (TPSA) is 94.6 Å². The zero-order valence-electron chi connectivity index (χ0n) is 20.6. The summed E-state index contributed by atoms with van der Waals surface area (Å²) < 4.78 is 0. The molecule has 9 heteroatoms. The van der Waals surface area contributed by atoms with E-state index in [9.17, 15) is 14.4 Å². The van der Waals surface area contributed by atoms with E-state index in [1.807, 2.05) is 18.2 Å². The molecule has 8 nitrogen and oxygen atoms in total. The summed E-state index contributed by atoms with van der Waals surface area (Å²) in [4.78, 5) is 46.6. The van der Waals surface area contributed by atoms with Gasteiger partial charge in [0, 0.05) is 30.9 Å². The molecule has 36 heavy (non-hydrogen) atoms. The minimum absolute atomic E-state index is 0.123. The van der Waals surface area contributed by atoms with E-state index in [1.165, 1.54) is 23.4 Å². The summed E-state index contributed by atoms with van der Waals surface area (Å²) in [5.41, 5.74) is 3.64. The van der Waals surface area contributed by atoms with E-state index >= 15 is 0 Å². The molecule has 4 amide bonds. The molecule has 0 spiro atoms. The number of likely N-dealkylation sites (tertiary alicyclic amines) is 1. The highest BCUT2D eigenvalue weighted by Crippen LogP contribution is 2.50. The van der Waals surface area contributed by atoms with Crippen molar-refractivity contribution in [2.24, 2.45) is 5.92 Å². The van der Waals surface area contributed by atoms with Crippen LogP contribution in [0.3, 0.4) is 0 Å². The molecule has 0 aliphatic carbocycles. The van der Waals surface area contributed by atoms with Crippen molar-refractivity contribution < 1.29 is 14.4 Å². The molecule has 0 radical (unpaired) electrons. The van der Waals surface area contributed by atoms with Gasteiger partial charge in [0.2, 0.25) is 11.8 Å². The number of carbonyl (C=O) groups is 3. The van der Waals surface area contributed by atoms with Crippen molar-refractivity contribution >= 4 is 41.0 Å².